The summed E-state index contributed by atoms with van der Waals surface area (Å²) in [6, 6.07) is 0. The first-order valence-corrected chi connectivity index (χ1v) is 6.86. The number of ether oxygens (including phenoxy) is 1. The van der Waals surface area contributed by atoms with Crippen molar-refractivity contribution in [3.05, 3.63) is 0 Å². The summed E-state index contributed by atoms with van der Waals surface area (Å²) in [6.07, 6.45) is 4.59. The van der Waals surface area contributed by atoms with E-state index in [2.05, 4.69) is 10.2 Å². The number of carbonyl (C=O) groups is 1. The summed E-state index contributed by atoms with van der Waals surface area (Å²) in [4.78, 5) is 14.4. The molecule has 1 unspecified atom stereocenters. The van der Waals surface area contributed by atoms with Gasteiger partial charge in [0.15, 0.2) is 0 Å². The third-order valence-electron chi connectivity index (χ3n) is 4.69. The highest BCUT2D eigenvalue weighted by atomic mass is 35.5. The molecular weight excluding hydrogens is 252 g/mol. The van der Waals surface area contributed by atoms with Gasteiger partial charge in [0, 0.05) is 19.7 Å². The van der Waals surface area contributed by atoms with E-state index in [1.807, 2.05) is 0 Å². The van der Waals surface area contributed by atoms with Gasteiger partial charge in [-0.1, -0.05) is 0 Å². The molecule has 104 valence electrons. The van der Waals surface area contributed by atoms with Crippen LogP contribution in [0.2, 0.25) is 0 Å². The van der Waals surface area contributed by atoms with Crippen LogP contribution in [0.25, 0.3) is 0 Å². The molecule has 4 nitrogen and oxygen atoms in total. The monoisotopic (exact) mass is 274 g/mol. The van der Waals surface area contributed by atoms with E-state index in [9.17, 15) is 4.79 Å². The SMILES string of the molecule is Cl.O=C(C1CCOC1)N1CCC2(CCNCC2)C1. The highest BCUT2D eigenvalue weighted by molar-refractivity contribution is 5.85. The summed E-state index contributed by atoms with van der Waals surface area (Å²) in [7, 11) is 0. The molecule has 0 radical (unpaired) electrons. The average molecular weight is 275 g/mol. The smallest absolute Gasteiger partial charge is 0.228 e. The fourth-order valence-corrected chi connectivity index (χ4v) is 3.48. The lowest BCUT2D eigenvalue weighted by Crippen LogP contribution is -2.41. The maximum atomic E-state index is 12.3. The summed E-state index contributed by atoms with van der Waals surface area (Å²) in [5.41, 5.74) is 0.431. The molecule has 5 heteroatoms. The average Bonchev–Trinajstić information content (AvgIpc) is 2.99. The third kappa shape index (κ3) is 2.65. The van der Waals surface area contributed by atoms with E-state index in [0.29, 0.717) is 17.9 Å². The molecule has 0 bridgehead atoms. The van der Waals surface area contributed by atoms with Gasteiger partial charge >= 0.3 is 0 Å². The zero-order chi connectivity index (χ0) is 11.7. The van der Waals surface area contributed by atoms with Gasteiger partial charge in [0.05, 0.1) is 12.5 Å². The van der Waals surface area contributed by atoms with Crippen LogP contribution in [0, 0.1) is 11.3 Å². The molecule has 1 atom stereocenters. The van der Waals surface area contributed by atoms with E-state index < -0.39 is 0 Å². The Balaban J connectivity index is 0.00000120. The molecule has 0 aromatic heterocycles. The highest BCUT2D eigenvalue weighted by Crippen LogP contribution is 2.39. The van der Waals surface area contributed by atoms with Gasteiger partial charge in [-0.2, -0.15) is 0 Å². The van der Waals surface area contributed by atoms with Crippen molar-refractivity contribution in [3.8, 4) is 0 Å². The molecule has 1 amide bonds. The fourth-order valence-electron chi connectivity index (χ4n) is 3.48. The first-order chi connectivity index (χ1) is 8.29. The molecule has 3 heterocycles. The van der Waals surface area contributed by atoms with E-state index in [1.165, 1.54) is 19.3 Å². The summed E-state index contributed by atoms with van der Waals surface area (Å²) in [5.74, 6) is 0.491. The maximum Gasteiger partial charge on any atom is 0.228 e. The maximum absolute atomic E-state index is 12.3. The zero-order valence-electron chi connectivity index (χ0n) is 10.8. The Morgan fingerprint density at radius 2 is 2.06 bits per heavy atom. The first kappa shape index (κ1) is 14.1. The van der Waals surface area contributed by atoms with Gasteiger partial charge in [-0.15, -0.1) is 12.4 Å². The van der Waals surface area contributed by atoms with Crippen LogP contribution in [0.4, 0.5) is 0 Å². The van der Waals surface area contributed by atoms with Gasteiger partial charge < -0.3 is 15.0 Å². The Morgan fingerprint density at radius 1 is 1.28 bits per heavy atom. The zero-order valence-corrected chi connectivity index (χ0v) is 11.6. The van der Waals surface area contributed by atoms with Gasteiger partial charge in [0.2, 0.25) is 5.91 Å². The van der Waals surface area contributed by atoms with Crippen molar-refractivity contribution >= 4 is 18.3 Å². The van der Waals surface area contributed by atoms with Gasteiger partial charge in [-0.05, 0) is 44.2 Å². The lowest BCUT2D eigenvalue weighted by Gasteiger charge is -2.33. The van der Waals surface area contributed by atoms with Crippen molar-refractivity contribution in [1.29, 1.82) is 0 Å². The predicted octanol–water partition coefficient (Wildman–Crippen LogP) is 1.05. The highest BCUT2D eigenvalue weighted by Gasteiger charge is 2.42. The molecule has 1 N–H and O–H groups in total. The van der Waals surface area contributed by atoms with Crippen LogP contribution in [0.5, 0.6) is 0 Å². The number of hydrogen-bond donors (Lipinski definition) is 1. The van der Waals surface area contributed by atoms with E-state index in [-0.39, 0.29) is 18.3 Å². The first-order valence-electron chi connectivity index (χ1n) is 6.86. The topological polar surface area (TPSA) is 41.6 Å². The molecule has 3 saturated heterocycles. The van der Waals surface area contributed by atoms with E-state index in [4.69, 9.17) is 4.74 Å². The summed E-state index contributed by atoms with van der Waals surface area (Å²) in [5, 5.41) is 3.41. The second-order valence-corrected chi connectivity index (χ2v) is 5.82. The summed E-state index contributed by atoms with van der Waals surface area (Å²) >= 11 is 0. The number of rotatable bonds is 1. The number of carbonyl (C=O) groups excluding carboxylic acids is 1. The second-order valence-electron chi connectivity index (χ2n) is 5.82. The predicted molar refractivity (Wildman–Crippen MR) is 71.9 cm³/mol. The van der Waals surface area contributed by atoms with Crippen molar-refractivity contribution in [1.82, 2.24) is 10.2 Å². The Hall–Kier alpha value is -0.320. The van der Waals surface area contributed by atoms with Crippen molar-refractivity contribution in [2.75, 3.05) is 39.4 Å². The number of halogens is 1. The quantitative estimate of drug-likeness (QED) is 0.777. The van der Waals surface area contributed by atoms with Gasteiger partial charge in [-0.25, -0.2) is 0 Å². The molecule has 0 aliphatic carbocycles. The molecular formula is C13H23ClN2O2. The standard InChI is InChI=1S/C13H22N2O2.ClH/c16-12(11-1-8-17-9-11)15-7-4-13(10-15)2-5-14-6-3-13;/h11,14H,1-10H2;1H. The van der Waals surface area contributed by atoms with Crippen LogP contribution in [0.15, 0.2) is 0 Å². The number of hydrogen-bond acceptors (Lipinski definition) is 3. The molecule has 0 aromatic carbocycles. The van der Waals surface area contributed by atoms with E-state index >= 15 is 0 Å². The Labute approximate surface area is 115 Å². The van der Waals surface area contributed by atoms with E-state index in [0.717, 1.165) is 39.2 Å². The Kier molecular flexibility index (Phi) is 4.51. The fraction of sp³-hybridized carbons (Fsp3) is 0.923. The third-order valence-corrected chi connectivity index (χ3v) is 4.69. The molecule has 0 aromatic rings. The minimum atomic E-state index is 0. The molecule has 3 fully saturated rings. The van der Waals surface area contributed by atoms with Gasteiger partial charge in [-0.3, -0.25) is 4.79 Å². The van der Waals surface area contributed by atoms with Gasteiger partial charge in [0.1, 0.15) is 0 Å². The number of likely N-dealkylation sites (tertiary alicyclic amines) is 1. The van der Waals surface area contributed by atoms with Crippen LogP contribution >= 0.6 is 12.4 Å². The Morgan fingerprint density at radius 3 is 2.72 bits per heavy atom. The normalized spacial score (nSPS) is 30.4. The molecule has 18 heavy (non-hydrogen) atoms. The van der Waals surface area contributed by atoms with Crippen LogP contribution in [0.3, 0.4) is 0 Å². The molecule has 3 rings (SSSR count). The van der Waals surface area contributed by atoms with Crippen molar-refractivity contribution < 1.29 is 9.53 Å². The van der Waals surface area contributed by atoms with Crippen LogP contribution in [-0.2, 0) is 9.53 Å². The summed E-state index contributed by atoms with van der Waals surface area (Å²) in [6.45, 7) is 5.60. The minimum absolute atomic E-state index is 0. The van der Waals surface area contributed by atoms with Crippen molar-refractivity contribution in [2.45, 2.75) is 25.7 Å². The van der Waals surface area contributed by atoms with Gasteiger partial charge in [0.25, 0.3) is 0 Å². The van der Waals surface area contributed by atoms with E-state index in [1.54, 1.807) is 0 Å². The molecule has 1 spiro atoms. The van der Waals surface area contributed by atoms with Crippen molar-refractivity contribution in [3.63, 3.8) is 0 Å². The van der Waals surface area contributed by atoms with Crippen molar-refractivity contribution in [2.24, 2.45) is 11.3 Å². The summed E-state index contributed by atoms with van der Waals surface area (Å²) < 4.78 is 5.32. The second kappa shape index (κ2) is 5.76. The lowest BCUT2D eigenvalue weighted by molar-refractivity contribution is -0.134. The number of nitrogens with zero attached hydrogens (tertiary/aromatic N) is 1. The number of piperidine rings is 1. The molecule has 3 aliphatic heterocycles. The number of nitrogens with one attached hydrogen (secondary N) is 1. The lowest BCUT2D eigenvalue weighted by atomic mass is 9.78. The van der Waals surface area contributed by atoms with Crippen LogP contribution in [-0.4, -0.2) is 50.2 Å². The Bertz CT molecular complexity index is 299. The minimum Gasteiger partial charge on any atom is -0.381 e. The molecule has 0 saturated carbocycles. The largest absolute Gasteiger partial charge is 0.381 e. The number of amides is 1. The molecule has 3 aliphatic rings. The van der Waals surface area contributed by atoms with Crippen LogP contribution in [0.1, 0.15) is 25.7 Å². The van der Waals surface area contributed by atoms with Crippen LogP contribution < -0.4 is 5.32 Å².